The van der Waals surface area contributed by atoms with Crippen molar-refractivity contribution < 1.29 is 58.6 Å². The number of carbonyl (C=O) groups excluding carboxylic acids is 4. The van der Waals surface area contributed by atoms with Crippen molar-refractivity contribution in [1.82, 2.24) is 10.2 Å². The lowest BCUT2D eigenvalue weighted by molar-refractivity contribution is -0.271. The molecule has 0 bridgehead atoms. The first-order valence-corrected chi connectivity index (χ1v) is 14.2. The third kappa shape index (κ3) is 9.67. The lowest BCUT2D eigenvalue weighted by Crippen LogP contribution is -2.61. The Morgan fingerprint density at radius 3 is 2.39 bits per heavy atom. The van der Waals surface area contributed by atoms with Gasteiger partial charge in [-0.2, -0.15) is 4.99 Å². The van der Waals surface area contributed by atoms with E-state index in [1.807, 2.05) is 0 Å². The number of nitrogens with one attached hydrogen (secondary N) is 1. The molecule has 240 valence electrons. The summed E-state index contributed by atoms with van der Waals surface area (Å²) in [4.78, 5) is 62.4. The van der Waals surface area contributed by atoms with Crippen LogP contribution < -0.4 is 10.1 Å². The molecule has 0 unspecified atom stereocenters. The first kappa shape index (κ1) is 34.3. The van der Waals surface area contributed by atoms with Gasteiger partial charge in [-0.25, -0.2) is 9.59 Å². The van der Waals surface area contributed by atoms with Crippen LogP contribution in [0.2, 0.25) is 0 Å². The Bertz CT molecular complexity index is 1230. The van der Waals surface area contributed by atoms with E-state index in [1.165, 1.54) is 17.1 Å². The minimum atomic E-state index is -1.88. The highest BCUT2D eigenvalue weighted by Crippen LogP contribution is 2.29. The van der Waals surface area contributed by atoms with Gasteiger partial charge in [-0.3, -0.25) is 19.3 Å². The monoisotopic (exact) mass is 619 g/mol. The number of benzene rings is 1. The molecule has 15 heteroatoms. The highest BCUT2D eigenvalue weighted by atomic mass is 16.7. The standard InChI is InChI=1S/C29H37N3O12/c1-30-29(41)42-16-18-10-9-17(15-19(18)43-28-25(38)23(36)24(37)26(44-28)27(39)40)7-4-5-13-31-20(33)8-3-2-6-14-32-21(34)11-12-22(32)35/h9-12,15,23-26,28,36-38H,1-8,13-14,16H2,(H,31,33)(H,39,40)/t23-,24-,25+,26-,28+/m0/s1. The Morgan fingerprint density at radius 1 is 0.977 bits per heavy atom. The smallest absolute Gasteiger partial charge is 0.433 e. The normalized spacial score (nSPS) is 23.0. The molecular weight excluding hydrogens is 582 g/mol. The SMILES string of the molecule is C=NC(=O)OCc1ccc(CCCCNC(=O)CCCCCN2C(=O)C=CC2=O)cc1O[C@@H]1O[C@H](C(=O)O)[C@@H](O)[C@H](O)[C@H]1O. The summed E-state index contributed by atoms with van der Waals surface area (Å²) < 4.78 is 15.9. The van der Waals surface area contributed by atoms with E-state index in [0.717, 1.165) is 5.56 Å². The van der Waals surface area contributed by atoms with Gasteiger partial charge in [0.05, 0.1) is 0 Å². The first-order chi connectivity index (χ1) is 21.0. The molecule has 0 saturated carbocycles. The molecule has 0 aromatic heterocycles. The quantitative estimate of drug-likeness (QED) is 0.0953. The average molecular weight is 620 g/mol. The summed E-state index contributed by atoms with van der Waals surface area (Å²) in [6.45, 7) is 3.58. The minimum Gasteiger partial charge on any atom is -0.479 e. The Balaban J connectivity index is 1.46. The van der Waals surface area contributed by atoms with Crippen LogP contribution in [-0.4, -0.2) is 106 Å². The van der Waals surface area contributed by atoms with E-state index in [0.29, 0.717) is 63.6 Å². The largest absolute Gasteiger partial charge is 0.479 e. The second-order valence-electron chi connectivity index (χ2n) is 10.3. The van der Waals surface area contributed by atoms with Crippen LogP contribution in [0.25, 0.3) is 0 Å². The number of ether oxygens (including phenoxy) is 3. The predicted octanol–water partition coefficient (Wildman–Crippen LogP) is 0.219. The molecule has 3 rings (SSSR count). The van der Waals surface area contributed by atoms with Gasteiger partial charge >= 0.3 is 12.1 Å². The maximum Gasteiger partial charge on any atom is 0.433 e. The van der Waals surface area contributed by atoms with Crippen molar-refractivity contribution in [3.63, 3.8) is 0 Å². The molecule has 44 heavy (non-hydrogen) atoms. The number of unbranched alkanes of at least 4 members (excludes halogenated alkanes) is 3. The number of carbonyl (C=O) groups is 5. The topological polar surface area (TPSA) is 222 Å². The summed E-state index contributed by atoms with van der Waals surface area (Å²) in [5, 5.41) is 42.6. The van der Waals surface area contributed by atoms with Crippen LogP contribution in [-0.2, 0) is 41.7 Å². The first-order valence-electron chi connectivity index (χ1n) is 14.2. The number of imide groups is 1. The molecule has 5 atom stereocenters. The van der Waals surface area contributed by atoms with Gasteiger partial charge < -0.3 is 40.0 Å². The Kier molecular flexibility index (Phi) is 13.0. The Hall–Kier alpha value is -4.18. The zero-order valence-corrected chi connectivity index (χ0v) is 24.0. The summed E-state index contributed by atoms with van der Waals surface area (Å²) in [5.74, 6) is -2.20. The number of amides is 4. The van der Waals surface area contributed by atoms with Gasteiger partial charge in [-0.05, 0) is 50.5 Å². The number of aryl methyl sites for hydroxylation is 1. The second-order valence-corrected chi connectivity index (χ2v) is 10.3. The summed E-state index contributed by atoms with van der Waals surface area (Å²) in [5.41, 5.74) is 1.10. The van der Waals surface area contributed by atoms with Crippen molar-refractivity contribution in [3.05, 3.63) is 41.5 Å². The zero-order chi connectivity index (χ0) is 32.2. The third-order valence-electron chi connectivity index (χ3n) is 7.07. The van der Waals surface area contributed by atoms with Crippen LogP contribution >= 0.6 is 0 Å². The van der Waals surface area contributed by atoms with Crippen LogP contribution in [0.3, 0.4) is 0 Å². The maximum atomic E-state index is 12.1. The van der Waals surface area contributed by atoms with Crippen LogP contribution in [0.1, 0.15) is 49.7 Å². The van der Waals surface area contributed by atoms with Crippen molar-refractivity contribution in [2.24, 2.45) is 4.99 Å². The fraction of sp³-hybridized carbons (Fsp3) is 0.517. The van der Waals surface area contributed by atoms with Crippen molar-refractivity contribution in [3.8, 4) is 5.75 Å². The van der Waals surface area contributed by atoms with E-state index in [-0.39, 0.29) is 30.1 Å². The van der Waals surface area contributed by atoms with Gasteiger partial charge in [0.1, 0.15) is 30.7 Å². The number of aliphatic imine (C=N–C) groups is 1. The summed E-state index contributed by atoms with van der Waals surface area (Å²) in [6, 6.07) is 4.95. The van der Waals surface area contributed by atoms with E-state index < -0.39 is 42.8 Å². The molecule has 2 aliphatic heterocycles. The third-order valence-corrected chi connectivity index (χ3v) is 7.07. The molecule has 1 aromatic carbocycles. The van der Waals surface area contributed by atoms with Crippen LogP contribution in [0.5, 0.6) is 5.75 Å². The lowest BCUT2D eigenvalue weighted by Gasteiger charge is -2.38. The molecule has 1 saturated heterocycles. The number of aliphatic carboxylic acids is 1. The van der Waals surface area contributed by atoms with E-state index in [2.05, 4.69) is 17.0 Å². The highest BCUT2D eigenvalue weighted by Gasteiger charge is 2.48. The van der Waals surface area contributed by atoms with Gasteiger partial charge in [-0.1, -0.05) is 18.6 Å². The zero-order valence-electron chi connectivity index (χ0n) is 24.0. The Labute approximate surface area is 253 Å². The van der Waals surface area contributed by atoms with E-state index in [1.54, 1.807) is 18.2 Å². The molecule has 2 aliphatic rings. The van der Waals surface area contributed by atoms with Gasteiger partial charge in [0.25, 0.3) is 11.8 Å². The molecule has 0 spiro atoms. The van der Waals surface area contributed by atoms with Crippen molar-refractivity contribution in [2.75, 3.05) is 13.1 Å². The maximum absolute atomic E-state index is 12.1. The highest BCUT2D eigenvalue weighted by molar-refractivity contribution is 6.12. The van der Waals surface area contributed by atoms with Gasteiger partial charge in [-0.15, -0.1) is 0 Å². The van der Waals surface area contributed by atoms with Gasteiger partial charge in [0.2, 0.25) is 12.2 Å². The molecule has 4 amide bonds. The summed E-state index contributed by atoms with van der Waals surface area (Å²) in [6.07, 6.45) is -3.31. The number of nitrogens with zero attached hydrogens (tertiary/aromatic N) is 2. The molecule has 0 aliphatic carbocycles. The molecule has 2 heterocycles. The number of hydrogen-bond acceptors (Lipinski definition) is 11. The van der Waals surface area contributed by atoms with Gasteiger partial charge in [0.15, 0.2) is 6.10 Å². The fourth-order valence-electron chi connectivity index (χ4n) is 4.60. The van der Waals surface area contributed by atoms with E-state index in [4.69, 9.17) is 14.2 Å². The van der Waals surface area contributed by atoms with E-state index >= 15 is 0 Å². The molecule has 5 N–H and O–H groups in total. The number of hydrogen-bond donors (Lipinski definition) is 5. The van der Waals surface area contributed by atoms with Crippen LogP contribution in [0.15, 0.2) is 35.3 Å². The van der Waals surface area contributed by atoms with E-state index in [9.17, 15) is 44.4 Å². The molecule has 1 aromatic rings. The molecule has 0 radical (unpaired) electrons. The molecule has 15 nitrogen and oxygen atoms in total. The van der Waals surface area contributed by atoms with Crippen LogP contribution in [0.4, 0.5) is 4.79 Å². The van der Waals surface area contributed by atoms with Crippen molar-refractivity contribution >= 4 is 36.5 Å². The lowest BCUT2D eigenvalue weighted by atomic mass is 9.99. The number of aliphatic hydroxyl groups excluding tert-OH is 3. The van der Waals surface area contributed by atoms with Crippen molar-refractivity contribution in [2.45, 2.75) is 82.3 Å². The Morgan fingerprint density at radius 2 is 1.70 bits per heavy atom. The number of carboxylic acid groups (broad SMARTS) is 1. The van der Waals surface area contributed by atoms with Gasteiger partial charge in [0, 0.05) is 37.2 Å². The van der Waals surface area contributed by atoms with Crippen LogP contribution in [0, 0.1) is 0 Å². The fourth-order valence-corrected chi connectivity index (χ4v) is 4.60. The average Bonchev–Trinajstić information content (AvgIpc) is 3.32. The summed E-state index contributed by atoms with van der Waals surface area (Å²) >= 11 is 0. The minimum absolute atomic E-state index is 0.0826. The molecule has 1 fully saturated rings. The predicted molar refractivity (Wildman–Crippen MR) is 151 cm³/mol. The number of aliphatic hydroxyl groups is 3. The second kappa shape index (κ2) is 16.6. The molecular formula is C29H37N3O12. The number of rotatable bonds is 16. The summed E-state index contributed by atoms with van der Waals surface area (Å²) in [7, 11) is 0. The van der Waals surface area contributed by atoms with Crippen molar-refractivity contribution in [1.29, 1.82) is 0 Å². The number of carboxylic acids is 1.